The average molecular weight is 263 g/mol. The number of amides is 1. The van der Waals surface area contributed by atoms with Crippen molar-refractivity contribution < 1.29 is 18.8 Å². The smallest absolute Gasteiger partial charge is 0.468 e. The third kappa shape index (κ3) is 3.08. The molecule has 19 heavy (non-hydrogen) atoms. The van der Waals surface area contributed by atoms with Crippen molar-refractivity contribution in [1.29, 1.82) is 0 Å². The summed E-state index contributed by atoms with van der Waals surface area (Å²) < 4.78 is 16.2. The number of anilines is 1. The fraction of sp³-hybridized carbons (Fsp3) is 0.462. The maximum Gasteiger partial charge on any atom is 0.717 e. The number of carbonyl (C=O) groups excluding carboxylic acids is 1. The molecule has 0 spiro atoms. The van der Waals surface area contributed by atoms with Crippen molar-refractivity contribution in [1.82, 2.24) is 0 Å². The lowest BCUT2D eigenvalue weighted by molar-refractivity contribution is 0.00578. The van der Waals surface area contributed by atoms with Gasteiger partial charge >= 0.3 is 13.4 Å². The summed E-state index contributed by atoms with van der Waals surface area (Å²) >= 11 is 0. The van der Waals surface area contributed by atoms with Gasteiger partial charge in [0, 0.05) is 5.69 Å². The van der Waals surface area contributed by atoms with Crippen LogP contribution >= 0.6 is 0 Å². The van der Waals surface area contributed by atoms with E-state index in [1.54, 1.807) is 12.1 Å². The van der Waals surface area contributed by atoms with Gasteiger partial charge in [0.15, 0.2) is 0 Å². The van der Waals surface area contributed by atoms with Crippen molar-refractivity contribution in [3.63, 3.8) is 0 Å². The van der Waals surface area contributed by atoms with Crippen LogP contribution in [0.5, 0.6) is 0 Å². The van der Waals surface area contributed by atoms with Gasteiger partial charge in [0.2, 0.25) is 0 Å². The summed E-state index contributed by atoms with van der Waals surface area (Å²) in [4.78, 5) is 11.7. The molecule has 102 valence electrons. The molecular weight excluding hydrogens is 245 g/mol. The molecule has 1 aliphatic rings. The van der Waals surface area contributed by atoms with E-state index in [4.69, 9.17) is 14.0 Å². The first-order valence-electron chi connectivity index (χ1n) is 6.18. The molecule has 1 N–H and O–H groups in total. The second-order valence-corrected chi connectivity index (χ2v) is 5.44. The topological polar surface area (TPSA) is 56.8 Å². The first-order valence-corrected chi connectivity index (χ1v) is 6.18. The number of para-hydroxylation sites is 1. The standard InChI is InChI=1S/C13H18BNO4/c1-12(2)13(3,4)19-14(18-12)17-11(16)15-10-8-6-5-7-9-10/h5-9H,1-4H3,(H,15,16). The fourth-order valence-corrected chi connectivity index (χ4v) is 1.59. The van der Waals surface area contributed by atoms with Crippen molar-refractivity contribution in [3.05, 3.63) is 30.3 Å². The lowest BCUT2D eigenvalue weighted by Crippen LogP contribution is -2.41. The van der Waals surface area contributed by atoms with Crippen LogP contribution in [0.15, 0.2) is 30.3 Å². The number of nitrogens with one attached hydrogen (secondary N) is 1. The SMILES string of the molecule is CC1(C)OB(OC(=O)Nc2ccccc2)OC1(C)C. The number of carbonyl (C=O) groups is 1. The van der Waals surface area contributed by atoms with Gasteiger partial charge in [0.25, 0.3) is 0 Å². The molecule has 1 aromatic carbocycles. The van der Waals surface area contributed by atoms with Gasteiger partial charge in [-0.3, -0.25) is 5.32 Å². The van der Waals surface area contributed by atoms with Crippen LogP contribution in [0.1, 0.15) is 27.7 Å². The summed E-state index contributed by atoms with van der Waals surface area (Å²) in [7, 11) is -0.992. The predicted molar refractivity (Wildman–Crippen MR) is 72.6 cm³/mol. The summed E-state index contributed by atoms with van der Waals surface area (Å²) in [6, 6.07) is 9.05. The van der Waals surface area contributed by atoms with E-state index in [0.717, 1.165) is 0 Å². The Morgan fingerprint density at radius 2 is 1.63 bits per heavy atom. The van der Waals surface area contributed by atoms with Gasteiger partial charge in [-0.1, -0.05) is 18.2 Å². The van der Waals surface area contributed by atoms with Crippen LogP contribution in [0, 0.1) is 0 Å². The van der Waals surface area contributed by atoms with Crippen LogP contribution in [0.2, 0.25) is 0 Å². The number of hydrogen-bond acceptors (Lipinski definition) is 4. The molecule has 2 rings (SSSR count). The van der Waals surface area contributed by atoms with E-state index in [2.05, 4.69) is 5.32 Å². The van der Waals surface area contributed by atoms with Gasteiger partial charge in [-0.2, -0.15) is 0 Å². The normalized spacial score (nSPS) is 20.1. The molecule has 0 bridgehead atoms. The first-order chi connectivity index (χ1) is 8.80. The monoisotopic (exact) mass is 263 g/mol. The highest BCUT2D eigenvalue weighted by Gasteiger charge is 2.54. The number of benzene rings is 1. The zero-order chi connectivity index (χ0) is 14.1. The molecule has 1 saturated heterocycles. The Labute approximate surface area is 113 Å². The molecule has 0 atom stereocenters. The zero-order valence-electron chi connectivity index (χ0n) is 11.6. The van der Waals surface area contributed by atoms with Gasteiger partial charge in [0.1, 0.15) is 0 Å². The lowest BCUT2D eigenvalue weighted by Gasteiger charge is -2.31. The molecular formula is C13H18BNO4. The van der Waals surface area contributed by atoms with Crippen LogP contribution in [-0.2, 0) is 14.0 Å². The maximum absolute atomic E-state index is 11.7. The Bertz CT molecular complexity index is 445. The van der Waals surface area contributed by atoms with Crippen molar-refractivity contribution in [2.24, 2.45) is 0 Å². The fourth-order valence-electron chi connectivity index (χ4n) is 1.59. The Morgan fingerprint density at radius 1 is 1.11 bits per heavy atom. The predicted octanol–water partition coefficient (Wildman–Crippen LogP) is 2.82. The molecule has 0 saturated carbocycles. The highest BCUT2D eigenvalue weighted by atomic mass is 16.8. The largest absolute Gasteiger partial charge is 0.717 e. The van der Waals surface area contributed by atoms with Crippen LogP contribution in [0.25, 0.3) is 0 Å². The summed E-state index contributed by atoms with van der Waals surface area (Å²) in [5.41, 5.74) is -0.390. The second-order valence-electron chi connectivity index (χ2n) is 5.44. The quantitative estimate of drug-likeness (QED) is 0.833. The molecule has 5 nitrogen and oxygen atoms in total. The van der Waals surface area contributed by atoms with Gasteiger partial charge in [-0.15, -0.1) is 0 Å². The molecule has 0 aliphatic carbocycles. The molecule has 0 unspecified atom stereocenters. The summed E-state index contributed by atoms with van der Waals surface area (Å²) in [6.07, 6.45) is -0.607. The van der Waals surface area contributed by atoms with Gasteiger partial charge in [0.05, 0.1) is 11.2 Å². The van der Waals surface area contributed by atoms with Crippen molar-refractivity contribution >= 4 is 19.1 Å². The van der Waals surface area contributed by atoms with Gasteiger partial charge in [-0.05, 0) is 39.8 Å². The molecule has 1 fully saturated rings. The third-order valence-electron chi connectivity index (χ3n) is 3.46. The van der Waals surface area contributed by atoms with E-state index in [1.165, 1.54) is 0 Å². The highest BCUT2D eigenvalue weighted by molar-refractivity contribution is 6.40. The second kappa shape index (κ2) is 4.87. The van der Waals surface area contributed by atoms with Crippen molar-refractivity contribution in [3.8, 4) is 0 Å². The van der Waals surface area contributed by atoms with Crippen LogP contribution in [0.4, 0.5) is 10.5 Å². The van der Waals surface area contributed by atoms with Crippen LogP contribution < -0.4 is 5.32 Å². The number of rotatable bonds is 2. The minimum absolute atomic E-state index is 0.523. The minimum Gasteiger partial charge on any atom is -0.468 e. The first kappa shape index (κ1) is 13.9. The molecule has 1 amide bonds. The Morgan fingerprint density at radius 3 is 2.16 bits per heavy atom. The summed E-state index contributed by atoms with van der Waals surface area (Å²) in [6.45, 7) is 7.58. The Hall–Kier alpha value is -1.53. The average Bonchev–Trinajstić information content (AvgIpc) is 2.47. The molecule has 1 heterocycles. The van der Waals surface area contributed by atoms with Gasteiger partial charge in [-0.25, -0.2) is 4.79 Å². The molecule has 1 aliphatic heterocycles. The highest BCUT2D eigenvalue weighted by Crippen LogP contribution is 2.36. The summed E-state index contributed by atoms with van der Waals surface area (Å²) in [5.74, 6) is 0. The molecule has 1 aromatic rings. The Balaban J connectivity index is 1.91. The van der Waals surface area contributed by atoms with Crippen LogP contribution in [-0.4, -0.2) is 24.6 Å². The van der Waals surface area contributed by atoms with E-state index in [9.17, 15) is 4.79 Å². The number of hydrogen-bond donors (Lipinski definition) is 1. The van der Waals surface area contributed by atoms with E-state index < -0.39 is 24.6 Å². The van der Waals surface area contributed by atoms with E-state index in [-0.39, 0.29) is 0 Å². The third-order valence-corrected chi connectivity index (χ3v) is 3.46. The van der Waals surface area contributed by atoms with Crippen molar-refractivity contribution in [2.45, 2.75) is 38.9 Å². The molecule has 0 aromatic heterocycles. The lowest BCUT2D eigenvalue weighted by atomic mass is 9.90. The molecule has 0 radical (unpaired) electrons. The van der Waals surface area contributed by atoms with E-state index >= 15 is 0 Å². The van der Waals surface area contributed by atoms with Gasteiger partial charge < -0.3 is 14.0 Å². The minimum atomic E-state index is -0.992. The van der Waals surface area contributed by atoms with Crippen molar-refractivity contribution in [2.75, 3.05) is 5.32 Å². The van der Waals surface area contributed by atoms with E-state index in [1.807, 2.05) is 45.9 Å². The molecule has 6 heteroatoms. The van der Waals surface area contributed by atoms with Crippen LogP contribution in [0.3, 0.4) is 0 Å². The summed E-state index contributed by atoms with van der Waals surface area (Å²) in [5, 5.41) is 2.60. The van der Waals surface area contributed by atoms with E-state index in [0.29, 0.717) is 5.69 Å². The maximum atomic E-state index is 11.7. The Kier molecular flexibility index (Phi) is 3.56. The zero-order valence-corrected chi connectivity index (χ0v) is 11.6.